The molecule has 1 heterocycles. The van der Waals surface area contributed by atoms with Crippen LogP contribution in [0.2, 0.25) is 0 Å². The van der Waals surface area contributed by atoms with Gasteiger partial charge in [-0.2, -0.15) is 0 Å². The Balaban J connectivity index is 1.52. The van der Waals surface area contributed by atoms with Crippen LogP contribution in [-0.4, -0.2) is 35.8 Å². The van der Waals surface area contributed by atoms with Gasteiger partial charge in [0, 0.05) is 19.0 Å². The maximum atomic E-state index is 12.0. The van der Waals surface area contributed by atoms with Gasteiger partial charge in [-0.05, 0) is 42.9 Å². The summed E-state index contributed by atoms with van der Waals surface area (Å²) in [4.78, 5) is 25.3. The Bertz CT molecular complexity index is 379. The Hall–Kier alpha value is -1.06. The molecule has 4 atom stereocenters. The maximum Gasteiger partial charge on any atom is 0.242 e. The summed E-state index contributed by atoms with van der Waals surface area (Å²) in [6, 6.07) is 0.487. The molecule has 0 aromatic heterocycles. The van der Waals surface area contributed by atoms with Crippen molar-refractivity contribution in [3.63, 3.8) is 0 Å². The van der Waals surface area contributed by atoms with Crippen molar-refractivity contribution < 1.29 is 9.59 Å². The molecule has 4 aliphatic rings. The number of nitrogens with one attached hydrogen (secondary N) is 1. The molecule has 4 fully saturated rings. The zero-order valence-corrected chi connectivity index (χ0v) is 9.89. The summed E-state index contributed by atoms with van der Waals surface area (Å²) in [5.74, 6) is 3.49. The van der Waals surface area contributed by atoms with E-state index >= 15 is 0 Å². The van der Waals surface area contributed by atoms with Gasteiger partial charge in [0.15, 0.2) is 0 Å². The van der Waals surface area contributed by atoms with Crippen LogP contribution < -0.4 is 5.32 Å². The van der Waals surface area contributed by atoms with E-state index in [0.29, 0.717) is 19.0 Å². The zero-order chi connectivity index (χ0) is 11.6. The summed E-state index contributed by atoms with van der Waals surface area (Å²) in [5, 5.41) is 2.68. The average molecular weight is 234 g/mol. The first-order chi connectivity index (χ1) is 8.25. The number of fused-ring (bicyclic) bond motifs is 5. The van der Waals surface area contributed by atoms with Gasteiger partial charge in [0.2, 0.25) is 11.8 Å². The molecule has 3 aliphatic carbocycles. The summed E-state index contributed by atoms with van der Waals surface area (Å²) in [6.45, 7) is 0.853. The number of hydrogen-bond acceptors (Lipinski definition) is 2. The van der Waals surface area contributed by atoms with Crippen LogP contribution in [0.3, 0.4) is 0 Å². The lowest BCUT2D eigenvalue weighted by Crippen LogP contribution is -2.39. The molecule has 3 saturated carbocycles. The maximum absolute atomic E-state index is 12.0. The molecule has 0 spiro atoms. The second kappa shape index (κ2) is 3.24. The van der Waals surface area contributed by atoms with E-state index in [9.17, 15) is 9.59 Å². The van der Waals surface area contributed by atoms with Crippen LogP contribution in [0.4, 0.5) is 0 Å². The lowest BCUT2D eigenvalue weighted by Gasteiger charge is -2.23. The molecule has 1 N–H and O–H groups in total. The number of carbonyl (C=O) groups is 2. The van der Waals surface area contributed by atoms with Gasteiger partial charge in [0.1, 0.15) is 0 Å². The topological polar surface area (TPSA) is 49.4 Å². The number of carbonyl (C=O) groups excluding carboxylic acids is 2. The quantitative estimate of drug-likeness (QED) is 0.713. The standard InChI is InChI=1S/C13H18N2O2/c16-9-3-4-15(10(17)6-14-9)13-11-7-1-2-8(5-7)12(11)13/h7-8,11-13H,1-6H2,(H,14,16). The van der Waals surface area contributed by atoms with E-state index in [-0.39, 0.29) is 18.4 Å². The summed E-state index contributed by atoms with van der Waals surface area (Å²) >= 11 is 0. The van der Waals surface area contributed by atoms with E-state index in [1.165, 1.54) is 19.3 Å². The smallest absolute Gasteiger partial charge is 0.242 e. The van der Waals surface area contributed by atoms with Crippen LogP contribution in [0.1, 0.15) is 25.7 Å². The largest absolute Gasteiger partial charge is 0.347 e. The summed E-state index contributed by atoms with van der Waals surface area (Å²) in [6.07, 6.45) is 4.64. The van der Waals surface area contributed by atoms with Gasteiger partial charge < -0.3 is 10.2 Å². The number of amides is 2. The summed E-state index contributed by atoms with van der Waals surface area (Å²) < 4.78 is 0. The highest BCUT2D eigenvalue weighted by atomic mass is 16.2. The van der Waals surface area contributed by atoms with Crippen molar-refractivity contribution in [3.8, 4) is 0 Å². The lowest BCUT2D eigenvalue weighted by atomic mass is 10.0. The third kappa shape index (κ3) is 1.30. The Labute approximate surface area is 101 Å². The molecule has 1 aliphatic heterocycles. The second-order valence-corrected chi connectivity index (χ2v) is 6.09. The molecule has 4 rings (SSSR count). The Kier molecular flexibility index (Phi) is 1.89. The molecule has 0 aromatic carbocycles. The van der Waals surface area contributed by atoms with Crippen LogP contribution in [0.5, 0.6) is 0 Å². The fourth-order valence-electron chi connectivity index (χ4n) is 4.72. The van der Waals surface area contributed by atoms with E-state index in [0.717, 1.165) is 23.7 Å². The molecule has 17 heavy (non-hydrogen) atoms. The normalized spacial score (nSPS) is 47.8. The summed E-state index contributed by atoms with van der Waals surface area (Å²) in [5.41, 5.74) is 0. The highest BCUT2D eigenvalue weighted by Gasteiger charge is 2.67. The highest BCUT2D eigenvalue weighted by molar-refractivity contribution is 5.87. The van der Waals surface area contributed by atoms with Gasteiger partial charge in [-0.1, -0.05) is 0 Å². The van der Waals surface area contributed by atoms with Crippen LogP contribution in [0.15, 0.2) is 0 Å². The first-order valence-electron chi connectivity index (χ1n) is 6.82. The van der Waals surface area contributed by atoms with Gasteiger partial charge in [-0.3, -0.25) is 9.59 Å². The van der Waals surface area contributed by atoms with E-state index < -0.39 is 0 Å². The molecular weight excluding hydrogens is 216 g/mol. The summed E-state index contributed by atoms with van der Waals surface area (Å²) in [7, 11) is 0. The van der Waals surface area contributed by atoms with Gasteiger partial charge in [-0.15, -0.1) is 0 Å². The van der Waals surface area contributed by atoms with E-state index in [2.05, 4.69) is 5.32 Å². The van der Waals surface area contributed by atoms with Crippen molar-refractivity contribution in [1.82, 2.24) is 10.2 Å². The zero-order valence-electron chi connectivity index (χ0n) is 9.89. The highest BCUT2D eigenvalue weighted by Crippen LogP contribution is 2.67. The fraction of sp³-hybridized carbons (Fsp3) is 0.846. The predicted octanol–water partition coefficient (Wildman–Crippen LogP) is 0.379. The van der Waals surface area contributed by atoms with Crippen LogP contribution in [0.25, 0.3) is 0 Å². The number of rotatable bonds is 1. The van der Waals surface area contributed by atoms with Crippen LogP contribution >= 0.6 is 0 Å². The fourth-order valence-corrected chi connectivity index (χ4v) is 4.72. The molecule has 1 saturated heterocycles. The molecular formula is C13H18N2O2. The lowest BCUT2D eigenvalue weighted by molar-refractivity contribution is -0.131. The van der Waals surface area contributed by atoms with Crippen molar-refractivity contribution in [1.29, 1.82) is 0 Å². The molecule has 0 aromatic rings. The molecule has 4 heteroatoms. The third-order valence-corrected chi connectivity index (χ3v) is 5.39. The molecule has 2 bridgehead atoms. The number of nitrogens with zero attached hydrogens (tertiary/aromatic N) is 1. The van der Waals surface area contributed by atoms with Gasteiger partial charge in [-0.25, -0.2) is 0 Å². The van der Waals surface area contributed by atoms with Gasteiger partial charge in [0.05, 0.1) is 6.54 Å². The minimum absolute atomic E-state index is 0.0228. The third-order valence-electron chi connectivity index (χ3n) is 5.39. The van der Waals surface area contributed by atoms with Crippen LogP contribution in [-0.2, 0) is 9.59 Å². The monoisotopic (exact) mass is 234 g/mol. The molecule has 92 valence electrons. The van der Waals surface area contributed by atoms with Crippen LogP contribution in [0, 0.1) is 23.7 Å². The minimum atomic E-state index is 0.0228. The number of hydrogen-bond donors (Lipinski definition) is 1. The SMILES string of the molecule is O=C1CCN(C2C3C4CCC(C4)C32)C(=O)CN1. The first kappa shape index (κ1) is 9.92. The van der Waals surface area contributed by atoms with E-state index in [1.807, 2.05) is 4.90 Å². The van der Waals surface area contributed by atoms with Crippen molar-refractivity contribution in [2.75, 3.05) is 13.1 Å². The van der Waals surface area contributed by atoms with E-state index in [4.69, 9.17) is 0 Å². The average Bonchev–Trinajstić information content (AvgIpc) is 2.80. The Morgan fingerprint density at radius 1 is 1.12 bits per heavy atom. The van der Waals surface area contributed by atoms with E-state index in [1.54, 1.807) is 0 Å². The molecule has 4 nitrogen and oxygen atoms in total. The van der Waals surface area contributed by atoms with Crippen molar-refractivity contribution in [2.45, 2.75) is 31.7 Å². The molecule has 2 amide bonds. The van der Waals surface area contributed by atoms with Crippen molar-refractivity contribution in [3.05, 3.63) is 0 Å². The first-order valence-corrected chi connectivity index (χ1v) is 6.82. The predicted molar refractivity (Wildman–Crippen MR) is 60.9 cm³/mol. The van der Waals surface area contributed by atoms with Crippen molar-refractivity contribution in [2.24, 2.45) is 23.7 Å². The Morgan fingerprint density at radius 2 is 1.82 bits per heavy atom. The van der Waals surface area contributed by atoms with Crippen molar-refractivity contribution >= 4 is 11.8 Å². The molecule has 0 radical (unpaired) electrons. The molecule has 4 unspecified atom stereocenters. The van der Waals surface area contributed by atoms with Gasteiger partial charge in [0.25, 0.3) is 0 Å². The Morgan fingerprint density at radius 3 is 2.53 bits per heavy atom. The van der Waals surface area contributed by atoms with Gasteiger partial charge >= 0.3 is 0 Å². The second-order valence-electron chi connectivity index (χ2n) is 6.09. The minimum Gasteiger partial charge on any atom is -0.347 e.